The van der Waals surface area contributed by atoms with Crippen molar-refractivity contribution in [2.75, 3.05) is 5.32 Å². The van der Waals surface area contributed by atoms with Gasteiger partial charge in [0.25, 0.3) is 5.91 Å². The van der Waals surface area contributed by atoms with Gasteiger partial charge in [-0.15, -0.1) is 11.3 Å². The van der Waals surface area contributed by atoms with Crippen LogP contribution in [0.15, 0.2) is 46.5 Å². The Bertz CT molecular complexity index is 1060. The van der Waals surface area contributed by atoms with Gasteiger partial charge in [0.2, 0.25) is 0 Å². The third-order valence-corrected chi connectivity index (χ3v) is 5.20. The summed E-state index contributed by atoms with van der Waals surface area (Å²) < 4.78 is 5.36. The van der Waals surface area contributed by atoms with Crippen molar-refractivity contribution in [2.24, 2.45) is 0 Å². The minimum Gasteiger partial charge on any atom is -0.462 e. The Hall–Kier alpha value is -2.59. The molecule has 0 unspecified atom stereocenters. The van der Waals surface area contributed by atoms with Crippen LogP contribution in [0.3, 0.4) is 0 Å². The third kappa shape index (κ3) is 4.98. The summed E-state index contributed by atoms with van der Waals surface area (Å²) in [7, 11) is 0. The summed E-state index contributed by atoms with van der Waals surface area (Å²) in [6.45, 7) is 1.79. The molecule has 136 valence electrons. The number of carbonyl (C=O) groups excluding carboxylic acids is 1. The summed E-state index contributed by atoms with van der Waals surface area (Å²) >= 11 is 13.3. The SMILES string of the molecule is Cc1ccc(/C=C(\C#N)C(=O)Nc2ncc(Cc3ccc(Cl)c(Cl)c3)s2)o1. The van der Waals surface area contributed by atoms with Gasteiger partial charge >= 0.3 is 0 Å². The molecule has 0 bridgehead atoms. The van der Waals surface area contributed by atoms with E-state index in [-0.39, 0.29) is 5.57 Å². The van der Waals surface area contributed by atoms with E-state index >= 15 is 0 Å². The van der Waals surface area contributed by atoms with Crippen LogP contribution in [0.25, 0.3) is 6.08 Å². The zero-order valence-electron chi connectivity index (χ0n) is 14.1. The maximum Gasteiger partial charge on any atom is 0.268 e. The lowest BCUT2D eigenvalue weighted by molar-refractivity contribution is -0.112. The second kappa shape index (κ2) is 8.40. The first-order valence-electron chi connectivity index (χ1n) is 7.83. The van der Waals surface area contributed by atoms with Crippen molar-refractivity contribution in [2.45, 2.75) is 13.3 Å². The number of nitrogens with zero attached hydrogens (tertiary/aromatic N) is 2. The second-order valence-corrected chi connectivity index (χ2v) is 7.56. The highest BCUT2D eigenvalue weighted by Gasteiger charge is 2.13. The van der Waals surface area contributed by atoms with Crippen molar-refractivity contribution in [1.29, 1.82) is 5.26 Å². The number of halogens is 2. The quantitative estimate of drug-likeness (QED) is 0.439. The van der Waals surface area contributed by atoms with Gasteiger partial charge in [0.15, 0.2) is 5.13 Å². The lowest BCUT2D eigenvalue weighted by atomic mass is 10.1. The molecule has 1 N–H and O–H groups in total. The molecule has 0 saturated heterocycles. The van der Waals surface area contributed by atoms with Gasteiger partial charge in [0, 0.05) is 23.6 Å². The summed E-state index contributed by atoms with van der Waals surface area (Å²) in [5.74, 6) is 0.603. The van der Waals surface area contributed by atoms with Crippen molar-refractivity contribution in [1.82, 2.24) is 4.98 Å². The van der Waals surface area contributed by atoms with Gasteiger partial charge in [0.05, 0.1) is 10.0 Å². The average Bonchev–Trinajstić information content (AvgIpc) is 3.24. The first-order valence-corrected chi connectivity index (χ1v) is 9.40. The van der Waals surface area contributed by atoms with Gasteiger partial charge in [-0.05, 0) is 36.8 Å². The number of amides is 1. The Morgan fingerprint density at radius 3 is 2.81 bits per heavy atom. The summed E-state index contributed by atoms with van der Waals surface area (Å²) in [5, 5.41) is 13.3. The van der Waals surface area contributed by atoms with Crippen LogP contribution in [0.2, 0.25) is 10.0 Å². The van der Waals surface area contributed by atoms with Gasteiger partial charge < -0.3 is 4.42 Å². The van der Waals surface area contributed by atoms with Gasteiger partial charge in [-0.1, -0.05) is 29.3 Å². The molecule has 0 aliphatic heterocycles. The van der Waals surface area contributed by atoms with Crippen molar-refractivity contribution < 1.29 is 9.21 Å². The molecule has 8 heteroatoms. The number of benzene rings is 1. The third-order valence-electron chi connectivity index (χ3n) is 3.55. The Labute approximate surface area is 169 Å². The number of nitriles is 1. The second-order valence-electron chi connectivity index (χ2n) is 5.63. The molecule has 0 radical (unpaired) electrons. The van der Waals surface area contributed by atoms with Crippen molar-refractivity contribution >= 4 is 51.7 Å². The molecule has 27 heavy (non-hydrogen) atoms. The van der Waals surface area contributed by atoms with Crippen LogP contribution in [-0.4, -0.2) is 10.9 Å². The molecule has 0 aliphatic carbocycles. The lowest BCUT2D eigenvalue weighted by Gasteiger charge is -2.01. The molecule has 0 atom stereocenters. The molecular formula is C19H13Cl2N3O2S. The number of aryl methyl sites for hydroxylation is 1. The fraction of sp³-hybridized carbons (Fsp3) is 0.105. The Morgan fingerprint density at radius 2 is 2.15 bits per heavy atom. The van der Waals surface area contributed by atoms with Gasteiger partial charge in [0.1, 0.15) is 23.2 Å². The van der Waals surface area contributed by atoms with E-state index in [2.05, 4.69) is 10.3 Å². The predicted octanol–water partition coefficient (Wildman–Crippen LogP) is 5.49. The molecule has 1 aromatic carbocycles. The molecule has 5 nitrogen and oxygen atoms in total. The Kier molecular flexibility index (Phi) is 5.97. The fourth-order valence-electron chi connectivity index (χ4n) is 2.28. The Morgan fingerprint density at radius 1 is 1.33 bits per heavy atom. The standard InChI is InChI=1S/C19H13Cl2N3O2S/c1-11-2-4-14(26-11)8-13(9-22)18(25)24-19-23-10-15(27-19)6-12-3-5-16(20)17(21)7-12/h2-5,7-8,10H,6H2,1H3,(H,23,24,25)/b13-8+. The molecule has 0 aliphatic rings. The summed E-state index contributed by atoms with van der Waals surface area (Å²) in [6.07, 6.45) is 3.68. The number of nitrogens with one attached hydrogen (secondary N) is 1. The number of aromatic nitrogens is 1. The molecule has 2 aromatic heterocycles. The highest BCUT2D eigenvalue weighted by atomic mass is 35.5. The summed E-state index contributed by atoms with van der Waals surface area (Å²) in [4.78, 5) is 17.4. The topological polar surface area (TPSA) is 78.9 Å². The van der Waals surface area contributed by atoms with Crippen molar-refractivity contribution in [3.8, 4) is 6.07 Å². The van der Waals surface area contributed by atoms with Crippen LogP contribution in [0, 0.1) is 18.3 Å². The number of thiazole rings is 1. The Balaban J connectivity index is 1.69. The predicted molar refractivity (Wildman–Crippen MR) is 107 cm³/mol. The molecule has 2 heterocycles. The maximum atomic E-state index is 12.3. The average molecular weight is 418 g/mol. The van der Waals surface area contributed by atoms with Crippen LogP contribution in [0.1, 0.15) is 22.0 Å². The molecule has 1 amide bonds. The van der Waals surface area contributed by atoms with E-state index < -0.39 is 5.91 Å². The minimum absolute atomic E-state index is 0.0643. The molecule has 3 rings (SSSR count). The van der Waals surface area contributed by atoms with Crippen LogP contribution in [0.5, 0.6) is 0 Å². The van der Waals surface area contributed by atoms with Crippen molar-refractivity contribution in [3.05, 3.63) is 74.1 Å². The summed E-state index contributed by atoms with van der Waals surface area (Å²) in [6, 6.07) is 10.7. The van der Waals surface area contributed by atoms with E-state index in [1.54, 1.807) is 37.4 Å². The maximum absolute atomic E-state index is 12.3. The van der Waals surface area contributed by atoms with Crippen LogP contribution in [0.4, 0.5) is 5.13 Å². The zero-order chi connectivity index (χ0) is 19.4. The first kappa shape index (κ1) is 19.2. The number of rotatable bonds is 5. The fourth-order valence-corrected chi connectivity index (χ4v) is 3.45. The minimum atomic E-state index is -0.540. The number of furan rings is 1. The number of hydrogen-bond acceptors (Lipinski definition) is 5. The monoisotopic (exact) mass is 417 g/mol. The smallest absolute Gasteiger partial charge is 0.268 e. The number of hydrogen-bond donors (Lipinski definition) is 1. The highest BCUT2D eigenvalue weighted by Crippen LogP contribution is 2.26. The van der Waals surface area contributed by atoms with E-state index in [9.17, 15) is 10.1 Å². The van der Waals surface area contributed by atoms with Gasteiger partial charge in [-0.25, -0.2) is 4.98 Å². The van der Waals surface area contributed by atoms with Crippen molar-refractivity contribution in [3.63, 3.8) is 0 Å². The van der Waals surface area contributed by atoms with E-state index in [1.807, 2.05) is 12.1 Å². The van der Waals surface area contributed by atoms with Crippen LogP contribution < -0.4 is 5.32 Å². The van der Waals surface area contributed by atoms with E-state index in [0.717, 1.165) is 10.4 Å². The lowest BCUT2D eigenvalue weighted by Crippen LogP contribution is -2.13. The summed E-state index contributed by atoms with van der Waals surface area (Å²) in [5.41, 5.74) is 0.919. The number of anilines is 1. The van der Waals surface area contributed by atoms with E-state index in [1.165, 1.54) is 17.4 Å². The number of carbonyl (C=O) groups is 1. The molecule has 3 aromatic rings. The normalized spacial score (nSPS) is 11.3. The molecule has 0 fully saturated rings. The molecular weight excluding hydrogens is 405 g/mol. The zero-order valence-corrected chi connectivity index (χ0v) is 16.5. The van der Waals surface area contributed by atoms with Crippen LogP contribution >= 0.6 is 34.5 Å². The highest BCUT2D eigenvalue weighted by molar-refractivity contribution is 7.15. The van der Waals surface area contributed by atoms with E-state index in [0.29, 0.717) is 33.1 Å². The van der Waals surface area contributed by atoms with Crippen LogP contribution in [-0.2, 0) is 11.2 Å². The van der Waals surface area contributed by atoms with Gasteiger partial charge in [-0.2, -0.15) is 5.26 Å². The first-order chi connectivity index (χ1) is 12.9. The van der Waals surface area contributed by atoms with E-state index in [4.69, 9.17) is 27.6 Å². The molecule has 0 saturated carbocycles. The molecule has 0 spiro atoms. The van der Waals surface area contributed by atoms with Gasteiger partial charge in [-0.3, -0.25) is 10.1 Å². The largest absolute Gasteiger partial charge is 0.462 e.